The minimum absolute atomic E-state index is 0.0102. The standard InChI is InChI=1S/C24H32N2O5SSi/c1-16-15-26(23(29)25-22(16)28)20-14-19(31-33(5,6)24(2,3)4)18(30-20)12-13-21(27)32-17-10-8-7-9-11-17/h7-13,15,18-20H,14H2,1-6H3,(H,25,28,29)/b13-12+/t18-,19+,20-/m1/s1. The minimum Gasteiger partial charge on any atom is -0.411 e. The molecule has 1 N–H and O–H groups in total. The summed E-state index contributed by atoms with van der Waals surface area (Å²) >= 11 is 1.14. The molecule has 7 nitrogen and oxygen atoms in total. The van der Waals surface area contributed by atoms with Crippen LogP contribution in [0.3, 0.4) is 0 Å². The lowest BCUT2D eigenvalue weighted by Crippen LogP contribution is -2.45. The Labute approximate surface area is 199 Å². The number of carbonyl (C=O) groups excluding carboxylic acids is 1. The molecule has 0 aliphatic carbocycles. The van der Waals surface area contributed by atoms with Gasteiger partial charge in [-0.1, -0.05) is 39.0 Å². The molecule has 9 heteroatoms. The lowest BCUT2D eigenvalue weighted by molar-refractivity contribution is -0.107. The van der Waals surface area contributed by atoms with Gasteiger partial charge in [0.05, 0.1) is 6.10 Å². The van der Waals surface area contributed by atoms with Crippen molar-refractivity contribution in [1.82, 2.24) is 9.55 Å². The number of aromatic amines is 1. The van der Waals surface area contributed by atoms with Gasteiger partial charge in [-0.3, -0.25) is 19.1 Å². The SMILES string of the molecule is Cc1cn([C@H]2C[C@H](O[Si](C)(C)C(C)(C)C)[C@@H](/C=C/C(=O)Sc3ccccc3)O2)c(=O)[nH]c1=O. The number of aryl methyl sites for hydroxylation is 1. The van der Waals surface area contributed by atoms with Crippen molar-refractivity contribution in [2.24, 2.45) is 0 Å². The number of nitrogens with one attached hydrogen (secondary N) is 1. The largest absolute Gasteiger partial charge is 0.411 e. The molecule has 0 radical (unpaired) electrons. The fourth-order valence-corrected chi connectivity index (χ4v) is 5.30. The predicted molar refractivity (Wildman–Crippen MR) is 133 cm³/mol. The molecule has 0 amide bonds. The van der Waals surface area contributed by atoms with E-state index in [9.17, 15) is 14.4 Å². The highest BCUT2D eigenvalue weighted by Gasteiger charge is 2.44. The van der Waals surface area contributed by atoms with Crippen LogP contribution in [0.25, 0.3) is 0 Å². The van der Waals surface area contributed by atoms with Crippen molar-refractivity contribution >= 4 is 25.2 Å². The maximum Gasteiger partial charge on any atom is 0.330 e. The van der Waals surface area contributed by atoms with Gasteiger partial charge in [0.1, 0.15) is 12.3 Å². The van der Waals surface area contributed by atoms with Crippen molar-refractivity contribution in [2.45, 2.75) is 75.6 Å². The number of nitrogens with zero attached hydrogens (tertiary/aromatic N) is 1. The maximum atomic E-state index is 12.5. The van der Waals surface area contributed by atoms with E-state index < -0.39 is 31.9 Å². The Balaban J connectivity index is 1.84. The highest BCUT2D eigenvalue weighted by Crippen LogP contribution is 2.41. The van der Waals surface area contributed by atoms with Crippen LogP contribution in [0.5, 0.6) is 0 Å². The zero-order valence-corrected chi connectivity index (χ0v) is 21.8. The third kappa shape index (κ3) is 6.23. The number of hydrogen-bond donors (Lipinski definition) is 1. The van der Waals surface area contributed by atoms with Crippen molar-refractivity contribution < 1.29 is 14.0 Å². The van der Waals surface area contributed by atoms with Crippen LogP contribution in [-0.4, -0.2) is 35.2 Å². The van der Waals surface area contributed by atoms with Gasteiger partial charge in [0, 0.05) is 23.1 Å². The van der Waals surface area contributed by atoms with E-state index in [4.69, 9.17) is 9.16 Å². The van der Waals surface area contributed by atoms with Crippen LogP contribution in [0.1, 0.15) is 39.0 Å². The number of aromatic nitrogens is 2. The van der Waals surface area contributed by atoms with Gasteiger partial charge in [0.25, 0.3) is 5.56 Å². The van der Waals surface area contributed by atoms with Crippen LogP contribution >= 0.6 is 11.8 Å². The van der Waals surface area contributed by atoms with Gasteiger partial charge in [-0.05, 0) is 61.1 Å². The minimum atomic E-state index is -2.14. The summed E-state index contributed by atoms with van der Waals surface area (Å²) in [7, 11) is -2.14. The smallest absolute Gasteiger partial charge is 0.330 e. The van der Waals surface area contributed by atoms with Crippen LogP contribution in [0.4, 0.5) is 0 Å². The van der Waals surface area contributed by atoms with E-state index in [-0.39, 0.29) is 16.3 Å². The van der Waals surface area contributed by atoms with E-state index in [1.807, 2.05) is 30.3 Å². The Bertz CT molecular complexity index is 1130. The van der Waals surface area contributed by atoms with Crippen molar-refractivity contribution in [2.75, 3.05) is 0 Å². The molecule has 0 unspecified atom stereocenters. The quantitative estimate of drug-likeness (QED) is 0.368. The van der Waals surface area contributed by atoms with E-state index in [1.165, 1.54) is 16.8 Å². The summed E-state index contributed by atoms with van der Waals surface area (Å²) in [5.41, 5.74) is -0.515. The zero-order valence-electron chi connectivity index (χ0n) is 20.0. The van der Waals surface area contributed by atoms with Gasteiger partial charge >= 0.3 is 5.69 Å². The molecule has 1 saturated heterocycles. The topological polar surface area (TPSA) is 90.4 Å². The van der Waals surface area contributed by atoms with E-state index in [0.29, 0.717) is 12.0 Å². The molecule has 0 saturated carbocycles. The fourth-order valence-electron chi connectivity index (χ4n) is 3.29. The van der Waals surface area contributed by atoms with Gasteiger partial charge in [-0.2, -0.15) is 0 Å². The highest BCUT2D eigenvalue weighted by molar-refractivity contribution is 8.14. The van der Waals surface area contributed by atoms with E-state index in [0.717, 1.165) is 16.7 Å². The molecule has 3 rings (SSSR count). The Morgan fingerprint density at radius 3 is 2.55 bits per heavy atom. The van der Waals surface area contributed by atoms with Crippen molar-refractivity contribution in [3.63, 3.8) is 0 Å². The second-order valence-corrected chi connectivity index (χ2v) is 15.6. The van der Waals surface area contributed by atoms with Gasteiger partial charge in [-0.15, -0.1) is 0 Å². The molecule has 0 spiro atoms. The van der Waals surface area contributed by atoms with Crippen LogP contribution in [0, 0.1) is 6.92 Å². The zero-order chi connectivity index (χ0) is 24.4. The number of benzene rings is 1. The lowest BCUT2D eigenvalue weighted by Gasteiger charge is -2.39. The van der Waals surface area contributed by atoms with Crippen LogP contribution in [-0.2, 0) is 14.0 Å². The average molecular weight is 489 g/mol. The van der Waals surface area contributed by atoms with Crippen molar-refractivity contribution in [3.05, 3.63) is 75.1 Å². The normalized spacial score (nSPS) is 21.6. The van der Waals surface area contributed by atoms with E-state index >= 15 is 0 Å². The Morgan fingerprint density at radius 2 is 1.91 bits per heavy atom. The van der Waals surface area contributed by atoms with Gasteiger partial charge in [-0.25, -0.2) is 4.79 Å². The molecule has 2 aromatic rings. The summed E-state index contributed by atoms with van der Waals surface area (Å²) in [6, 6.07) is 9.44. The molecule has 1 aromatic carbocycles. The number of hydrogen-bond acceptors (Lipinski definition) is 6. The summed E-state index contributed by atoms with van der Waals surface area (Å²) in [4.78, 5) is 39.9. The lowest BCUT2D eigenvalue weighted by atomic mass is 10.1. The number of carbonyl (C=O) groups is 1. The first kappa shape index (κ1) is 25.4. The molecular weight excluding hydrogens is 456 g/mol. The maximum absolute atomic E-state index is 12.5. The Kier molecular flexibility index (Phi) is 7.68. The average Bonchev–Trinajstić information content (AvgIpc) is 3.10. The van der Waals surface area contributed by atoms with E-state index in [1.54, 1.807) is 13.0 Å². The van der Waals surface area contributed by atoms with Gasteiger partial charge in [0.2, 0.25) is 5.12 Å². The molecule has 1 fully saturated rings. The van der Waals surface area contributed by atoms with Gasteiger partial charge in [0.15, 0.2) is 8.32 Å². The van der Waals surface area contributed by atoms with Crippen molar-refractivity contribution in [3.8, 4) is 0 Å². The number of thioether (sulfide) groups is 1. The third-order valence-electron chi connectivity index (χ3n) is 6.21. The Morgan fingerprint density at radius 1 is 1.24 bits per heavy atom. The fraction of sp³-hybridized carbons (Fsp3) is 0.458. The molecule has 3 atom stereocenters. The van der Waals surface area contributed by atoms with E-state index in [2.05, 4.69) is 38.8 Å². The first-order chi connectivity index (χ1) is 15.4. The molecule has 2 heterocycles. The number of H-pyrrole nitrogens is 1. The number of rotatable bonds is 6. The molecule has 1 aromatic heterocycles. The summed E-state index contributed by atoms with van der Waals surface area (Å²) in [5.74, 6) is 0. The second kappa shape index (κ2) is 9.96. The first-order valence-corrected chi connectivity index (χ1v) is 14.7. The van der Waals surface area contributed by atoms with Gasteiger partial charge < -0.3 is 9.16 Å². The molecular formula is C24H32N2O5SSi. The summed E-state index contributed by atoms with van der Waals surface area (Å²) < 4.78 is 14.2. The van der Waals surface area contributed by atoms with Crippen LogP contribution < -0.4 is 11.2 Å². The Hall–Kier alpha value is -2.20. The third-order valence-corrected chi connectivity index (χ3v) is 11.6. The molecule has 178 valence electrons. The molecule has 1 aliphatic heterocycles. The molecule has 1 aliphatic rings. The highest BCUT2D eigenvalue weighted by atomic mass is 32.2. The monoisotopic (exact) mass is 488 g/mol. The summed E-state index contributed by atoms with van der Waals surface area (Å²) in [5, 5.41) is -0.125. The van der Waals surface area contributed by atoms with Crippen LogP contribution in [0.15, 0.2) is 63.2 Å². The van der Waals surface area contributed by atoms with Crippen LogP contribution in [0.2, 0.25) is 18.1 Å². The summed E-state index contributed by atoms with van der Waals surface area (Å²) in [6.07, 6.45) is 3.76. The first-order valence-electron chi connectivity index (χ1n) is 11.0. The summed E-state index contributed by atoms with van der Waals surface area (Å²) in [6.45, 7) is 12.4. The molecule has 33 heavy (non-hydrogen) atoms. The van der Waals surface area contributed by atoms with Crippen molar-refractivity contribution in [1.29, 1.82) is 0 Å². The second-order valence-electron chi connectivity index (χ2n) is 9.78. The number of ether oxygens (including phenoxy) is 1. The predicted octanol–water partition coefficient (Wildman–Crippen LogP) is 4.40. The molecule has 0 bridgehead atoms.